The standard InChI is InChI=1S/C16H18N2O3/c1-3-14(15-6-5-11-21-15)17-18-16(19)12-7-9-13(10-8-12)20-4-2/h5-11H,3-4H2,1-2H3,(H,18,19)/b17-14-. The number of amides is 1. The van der Waals surface area contributed by atoms with Gasteiger partial charge in [0.2, 0.25) is 0 Å². The van der Waals surface area contributed by atoms with Gasteiger partial charge >= 0.3 is 0 Å². The minimum absolute atomic E-state index is 0.268. The number of nitrogens with zero attached hydrogens (tertiary/aromatic N) is 1. The third kappa shape index (κ3) is 3.95. The maximum atomic E-state index is 12.0. The van der Waals surface area contributed by atoms with Crippen LogP contribution in [0.4, 0.5) is 0 Å². The van der Waals surface area contributed by atoms with Crippen LogP contribution in [0.25, 0.3) is 0 Å². The van der Waals surface area contributed by atoms with Crippen LogP contribution >= 0.6 is 0 Å². The first kappa shape index (κ1) is 14.8. The Balaban J connectivity index is 2.03. The second-order valence-electron chi connectivity index (χ2n) is 4.29. The van der Waals surface area contributed by atoms with Crippen LogP contribution in [0.3, 0.4) is 0 Å². The van der Waals surface area contributed by atoms with E-state index in [1.807, 2.05) is 19.9 Å². The molecule has 1 amide bonds. The summed E-state index contributed by atoms with van der Waals surface area (Å²) < 4.78 is 10.6. The first-order chi connectivity index (χ1) is 10.2. The van der Waals surface area contributed by atoms with Gasteiger partial charge in [0.05, 0.1) is 12.9 Å². The molecule has 21 heavy (non-hydrogen) atoms. The Labute approximate surface area is 123 Å². The Bertz CT molecular complexity index is 601. The second kappa shape index (κ2) is 7.28. The molecule has 1 heterocycles. The third-order valence-electron chi connectivity index (χ3n) is 2.86. The normalized spacial score (nSPS) is 11.2. The summed E-state index contributed by atoms with van der Waals surface area (Å²) in [6.07, 6.45) is 2.24. The van der Waals surface area contributed by atoms with Gasteiger partial charge in [-0.1, -0.05) is 6.92 Å². The Kier molecular flexibility index (Phi) is 5.15. The van der Waals surface area contributed by atoms with Crippen molar-refractivity contribution in [3.63, 3.8) is 0 Å². The lowest BCUT2D eigenvalue weighted by Crippen LogP contribution is -2.19. The minimum atomic E-state index is -0.268. The molecule has 1 aromatic heterocycles. The number of carbonyl (C=O) groups excluding carboxylic acids is 1. The number of furan rings is 1. The quantitative estimate of drug-likeness (QED) is 0.655. The smallest absolute Gasteiger partial charge is 0.271 e. The molecule has 2 aromatic rings. The Morgan fingerprint density at radius 3 is 2.57 bits per heavy atom. The molecule has 0 fully saturated rings. The van der Waals surface area contributed by atoms with E-state index in [9.17, 15) is 4.79 Å². The van der Waals surface area contributed by atoms with Gasteiger partial charge < -0.3 is 9.15 Å². The van der Waals surface area contributed by atoms with Crippen molar-refractivity contribution in [1.82, 2.24) is 5.43 Å². The zero-order valence-corrected chi connectivity index (χ0v) is 12.1. The summed E-state index contributed by atoms with van der Waals surface area (Å²) in [5.41, 5.74) is 3.76. The molecule has 0 aliphatic carbocycles. The molecule has 0 unspecified atom stereocenters. The largest absolute Gasteiger partial charge is 0.494 e. The number of hydrazone groups is 1. The molecule has 0 saturated carbocycles. The van der Waals surface area contributed by atoms with E-state index in [1.54, 1.807) is 36.6 Å². The summed E-state index contributed by atoms with van der Waals surface area (Å²) in [7, 11) is 0. The van der Waals surface area contributed by atoms with Crippen LogP contribution < -0.4 is 10.2 Å². The molecule has 110 valence electrons. The van der Waals surface area contributed by atoms with Crippen LogP contribution in [0.1, 0.15) is 36.4 Å². The zero-order chi connectivity index (χ0) is 15.1. The number of carbonyl (C=O) groups is 1. The lowest BCUT2D eigenvalue weighted by atomic mass is 10.2. The van der Waals surface area contributed by atoms with Gasteiger partial charge in [0.25, 0.3) is 5.91 Å². The highest BCUT2D eigenvalue weighted by molar-refractivity contribution is 6.00. The molecule has 1 N–H and O–H groups in total. The van der Waals surface area contributed by atoms with Crippen molar-refractivity contribution in [3.8, 4) is 5.75 Å². The first-order valence-corrected chi connectivity index (χ1v) is 6.88. The molecule has 1 aromatic carbocycles. The first-order valence-electron chi connectivity index (χ1n) is 6.88. The van der Waals surface area contributed by atoms with Crippen LogP contribution in [-0.4, -0.2) is 18.2 Å². The molecule has 0 bridgehead atoms. The van der Waals surface area contributed by atoms with Gasteiger partial charge in [-0.05, 0) is 49.7 Å². The number of hydrogen-bond donors (Lipinski definition) is 1. The van der Waals surface area contributed by atoms with Crippen molar-refractivity contribution in [2.24, 2.45) is 5.10 Å². The molecule has 0 spiro atoms. The molecule has 0 radical (unpaired) electrons. The molecule has 0 atom stereocenters. The third-order valence-corrected chi connectivity index (χ3v) is 2.86. The van der Waals surface area contributed by atoms with Gasteiger partial charge in [0.1, 0.15) is 17.2 Å². The molecule has 5 nitrogen and oxygen atoms in total. The monoisotopic (exact) mass is 286 g/mol. The molecule has 0 aliphatic rings. The van der Waals surface area contributed by atoms with Gasteiger partial charge in [-0.2, -0.15) is 5.10 Å². The number of rotatable bonds is 6. The fourth-order valence-electron chi connectivity index (χ4n) is 1.80. The maximum absolute atomic E-state index is 12.0. The van der Waals surface area contributed by atoms with E-state index in [2.05, 4.69) is 10.5 Å². The van der Waals surface area contributed by atoms with Crippen molar-refractivity contribution >= 4 is 11.6 Å². The van der Waals surface area contributed by atoms with E-state index in [-0.39, 0.29) is 5.91 Å². The van der Waals surface area contributed by atoms with Crippen LogP contribution in [0.15, 0.2) is 52.2 Å². The van der Waals surface area contributed by atoms with Gasteiger partial charge in [0.15, 0.2) is 0 Å². The number of nitrogens with one attached hydrogen (secondary N) is 1. The topological polar surface area (TPSA) is 63.8 Å². The lowest BCUT2D eigenvalue weighted by Gasteiger charge is -2.05. The molecule has 0 aliphatic heterocycles. The Morgan fingerprint density at radius 2 is 2.00 bits per heavy atom. The SMILES string of the molecule is CCOc1ccc(C(=O)N/N=C(/CC)c2ccco2)cc1. The van der Waals surface area contributed by atoms with Gasteiger partial charge in [-0.3, -0.25) is 4.79 Å². The van der Waals surface area contributed by atoms with E-state index in [0.29, 0.717) is 30.1 Å². The van der Waals surface area contributed by atoms with Crippen molar-refractivity contribution < 1.29 is 13.9 Å². The summed E-state index contributed by atoms with van der Waals surface area (Å²) in [5, 5.41) is 4.11. The maximum Gasteiger partial charge on any atom is 0.271 e. The number of ether oxygens (including phenoxy) is 1. The van der Waals surface area contributed by atoms with E-state index in [1.165, 1.54) is 0 Å². The average molecular weight is 286 g/mol. The predicted molar refractivity (Wildman–Crippen MR) is 80.6 cm³/mol. The zero-order valence-electron chi connectivity index (χ0n) is 12.1. The minimum Gasteiger partial charge on any atom is -0.494 e. The van der Waals surface area contributed by atoms with Crippen molar-refractivity contribution in [1.29, 1.82) is 0 Å². The van der Waals surface area contributed by atoms with Crippen molar-refractivity contribution in [3.05, 3.63) is 54.0 Å². The number of benzene rings is 1. The summed E-state index contributed by atoms with van der Waals surface area (Å²) >= 11 is 0. The second-order valence-corrected chi connectivity index (χ2v) is 4.29. The van der Waals surface area contributed by atoms with E-state index >= 15 is 0 Å². The Morgan fingerprint density at radius 1 is 1.24 bits per heavy atom. The lowest BCUT2D eigenvalue weighted by molar-refractivity contribution is 0.0954. The molecule has 0 saturated heterocycles. The van der Waals surface area contributed by atoms with E-state index in [4.69, 9.17) is 9.15 Å². The van der Waals surface area contributed by atoms with E-state index in [0.717, 1.165) is 5.75 Å². The van der Waals surface area contributed by atoms with Gasteiger partial charge in [-0.15, -0.1) is 0 Å². The van der Waals surface area contributed by atoms with Crippen LogP contribution in [-0.2, 0) is 0 Å². The summed E-state index contributed by atoms with van der Waals surface area (Å²) in [6, 6.07) is 10.5. The highest BCUT2D eigenvalue weighted by Gasteiger charge is 2.07. The highest BCUT2D eigenvalue weighted by atomic mass is 16.5. The molecule has 5 heteroatoms. The predicted octanol–water partition coefficient (Wildman–Crippen LogP) is 3.22. The summed E-state index contributed by atoms with van der Waals surface area (Å²) in [6.45, 7) is 4.46. The van der Waals surface area contributed by atoms with Gasteiger partial charge in [-0.25, -0.2) is 5.43 Å². The molecule has 2 rings (SSSR count). The highest BCUT2D eigenvalue weighted by Crippen LogP contribution is 2.12. The van der Waals surface area contributed by atoms with Crippen LogP contribution in [0.5, 0.6) is 5.75 Å². The molecular weight excluding hydrogens is 268 g/mol. The van der Waals surface area contributed by atoms with Crippen LogP contribution in [0, 0.1) is 0 Å². The fraction of sp³-hybridized carbons (Fsp3) is 0.250. The summed E-state index contributed by atoms with van der Waals surface area (Å²) in [4.78, 5) is 12.0. The van der Waals surface area contributed by atoms with Crippen molar-refractivity contribution in [2.75, 3.05) is 6.61 Å². The Hall–Kier alpha value is -2.56. The van der Waals surface area contributed by atoms with E-state index < -0.39 is 0 Å². The fourth-order valence-corrected chi connectivity index (χ4v) is 1.80. The average Bonchev–Trinajstić information content (AvgIpc) is 3.03. The van der Waals surface area contributed by atoms with Gasteiger partial charge in [0, 0.05) is 5.56 Å². The molecular formula is C16H18N2O3. The van der Waals surface area contributed by atoms with Crippen LogP contribution in [0.2, 0.25) is 0 Å². The summed E-state index contributed by atoms with van der Waals surface area (Å²) in [5.74, 6) is 1.13. The number of hydrogen-bond acceptors (Lipinski definition) is 4. The van der Waals surface area contributed by atoms with Crippen molar-refractivity contribution in [2.45, 2.75) is 20.3 Å².